The fraction of sp³-hybridized carbons (Fsp3) is 0.455. The van der Waals surface area contributed by atoms with Gasteiger partial charge < -0.3 is 4.74 Å². The summed E-state index contributed by atoms with van der Waals surface area (Å²) in [4.78, 5) is 7.04. The highest BCUT2D eigenvalue weighted by Crippen LogP contribution is 2.14. The van der Waals surface area contributed by atoms with E-state index in [2.05, 4.69) is 0 Å². The molecule has 0 amide bonds. The second-order valence-corrected chi connectivity index (χ2v) is 5.32. The largest absolute Gasteiger partial charge is 0.382 e. The average molecular weight is 259 g/mol. The van der Waals surface area contributed by atoms with Crippen LogP contribution in [-0.4, -0.2) is 28.7 Å². The molecule has 17 heavy (non-hydrogen) atoms. The number of hydrogen-bond donors (Lipinski definition) is 1. The first kappa shape index (κ1) is 14.1. The number of sulfonamides is 1. The third-order valence-electron chi connectivity index (χ3n) is 2.35. The van der Waals surface area contributed by atoms with E-state index in [1.807, 2.05) is 18.7 Å². The van der Waals surface area contributed by atoms with Crippen LogP contribution >= 0.6 is 0 Å². The maximum atomic E-state index is 11.8. The molecule has 96 valence electrons. The normalized spacial score (nSPS) is 11.7. The first-order valence-corrected chi connectivity index (χ1v) is 6.65. The molecule has 1 rings (SSSR count). The number of benzene rings is 1. The Morgan fingerprint density at radius 3 is 2.47 bits per heavy atom. The predicted octanol–water partition coefficient (Wildman–Crippen LogP) is 1.16. The molecule has 6 heteroatoms. The smallest absolute Gasteiger partial charge is 0.262 e. The molecular weight excluding hydrogens is 242 g/mol. The van der Waals surface area contributed by atoms with Gasteiger partial charge in [-0.05, 0) is 37.1 Å². The van der Waals surface area contributed by atoms with E-state index in [9.17, 15) is 8.42 Å². The molecule has 0 atom stereocenters. The lowest BCUT2D eigenvalue weighted by molar-refractivity contribution is 0.0438. The van der Waals surface area contributed by atoms with E-state index >= 15 is 0 Å². The standard InChI is InChI=1S/C11H17NO4S/c1-9-4-5-11(8-10(9)2)17(13,14)12-16-7-6-15-3/h4-5,8,12H,6-7H2,1-3H3. The molecule has 0 aliphatic rings. The van der Waals surface area contributed by atoms with Gasteiger partial charge in [-0.15, -0.1) is 0 Å². The minimum Gasteiger partial charge on any atom is -0.382 e. The van der Waals surface area contributed by atoms with E-state index in [4.69, 9.17) is 9.57 Å². The zero-order valence-corrected chi connectivity index (χ0v) is 11.0. The van der Waals surface area contributed by atoms with Crippen molar-refractivity contribution in [1.29, 1.82) is 0 Å². The van der Waals surface area contributed by atoms with Gasteiger partial charge in [-0.3, -0.25) is 4.84 Å². The zero-order valence-electron chi connectivity index (χ0n) is 10.2. The van der Waals surface area contributed by atoms with Gasteiger partial charge in [-0.25, -0.2) is 8.42 Å². The molecule has 1 aromatic carbocycles. The van der Waals surface area contributed by atoms with Crippen molar-refractivity contribution in [2.24, 2.45) is 0 Å². The van der Waals surface area contributed by atoms with Gasteiger partial charge in [0.15, 0.2) is 0 Å². The number of hydrogen-bond acceptors (Lipinski definition) is 4. The Balaban J connectivity index is 2.72. The third kappa shape index (κ3) is 4.08. The minimum absolute atomic E-state index is 0.167. The molecule has 0 saturated heterocycles. The van der Waals surface area contributed by atoms with Crippen molar-refractivity contribution in [3.63, 3.8) is 0 Å². The van der Waals surface area contributed by atoms with E-state index in [1.54, 1.807) is 18.2 Å². The van der Waals surface area contributed by atoms with E-state index in [1.165, 1.54) is 7.11 Å². The van der Waals surface area contributed by atoms with Crippen LogP contribution < -0.4 is 4.89 Å². The van der Waals surface area contributed by atoms with Crippen LogP contribution in [0.1, 0.15) is 11.1 Å². The van der Waals surface area contributed by atoms with Gasteiger partial charge in [0.1, 0.15) is 0 Å². The fourth-order valence-corrected chi connectivity index (χ4v) is 2.09. The molecule has 0 heterocycles. The summed E-state index contributed by atoms with van der Waals surface area (Å²) in [5.74, 6) is 0. The first-order chi connectivity index (χ1) is 7.97. The quantitative estimate of drug-likeness (QED) is 0.615. The molecule has 0 radical (unpaired) electrons. The Bertz CT molecular complexity index is 470. The van der Waals surface area contributed by atoms with Gasteiger partial charge in [0, 0.05) is 7.11 Å². The number of rotatable bonds is 6. The van der Waals surface area contributed by atoms with E-state index in [0.717, 1.165) is 11.1 Å². The summed E-state index contributed by atoms with van der Waals surface area (Å²) in [5, 5.41) is 0. The Morgan fingerprint density at radius 2 is 1.88 bits per heavy atom. The van der Waals surface area contributed by atoms with Gasteiger partial charge in [0.05, 0.1) is 18.1 Å². The van der Waals surface area contributed by atoms with Crippen LogP contribution in [0.25, 0.3) is 0 Å². The Morgan fingerprint density at radius 1 is 1.18 bits per heavy atom. The minimum atomic E-state index is -3.61. The number of aryl methyl sites for hydroxylation is 2. The molecule has 0 aromatic heterocycles. The summed E-state index contributed by atoms with van der Waals surface area (Å²) in [6, 6.07) is 4.92. The lowest BCUT2D eigenvalue weighted by Crippen LogP contribution is -2.25. The van der Waals surface area contributed by atoms with E-state index < -0.39 is 10.0 Å². The molecule has 0 spiro atoms. The molecule has 0 bridgehead atoms. The zero-order chi connectivity index (χ0) is 12.9. The Kier molecular flexibility index (Phi) is 5.07. The topological polar surface area (TPSA) is 64.6 Å². The summed E-state index contributed by atoms with van der Waals surface area (Å²) >= 11 is 0. The molecule has 0 aliphatic carbocycles. The lowest BCUT2D eigenvalue weighted by atomic mass is 10.1. The molecule has 0 fully saturated rings. The van der Waals surface area contributed by atoms with Crippen LogP contribution in [0.15, 0.2) is 23.1 Å². The van der Waals surface area contributed by atoms with Crippen LogP contribution in [0.5, 0.6) is 0 Å². The summed E-state index contributed by atoms with van der Waals surface area (Å²) < 4.78 is 28.3. The third-order valence-corrected chi connectivity index (χ3v) is 3.56. The van der Waals surface area contributed by atoms with Crippen molar-refractivity contribution in [2.45, 2.75) is 18.7 Å². The predicted molar refractivity (Wildman–Crippen MR) is 64.1 cm³/mol. The highest BCUT2D eigenvalue weighted by molar-refractivity contribution is 7.89. The molecule has 0 unspecified atom stereocenters. The van der Waals surface area contributed by atoms with Gasteiger partial charge in [-0.2, -0.15) is 0 Å². The highest BCUT2D eigenvalue weighted by atomic mass is 32.2. The summed E-state index contributed by atoms with van der Waals surface area (Å²) in [6.45, 7) is 4.28. The lowest BCUT2D eigenvalue weighted by Gasteiger charge is -2.08. The maximum absolute atomic E-state index is 11.8. The van der Waals surface area contributed by atoms with Crippen LogP contribution in [0.2, 0.25) is 0 Å². The van der Waals surface area contributed by atoms with Crippen molar-refractivity contribution in [3.8, 4) is 0 Å². The molecule has 1 aromatic rings. The van der Waals surface area contributed by atoms with Crippen LogP contribution in [0.4, 0.5) is 0 Å². The summed E-state index contributed by atoms with van der Waals surface area (Å²) in [6.07, 6.45) is 0. The maximum Gasteiger partial charge on any atom is 0.262 e. The number of nitrogens with one attached hydrogen (secondary N) is 1. The highest BCUT2D eigenvalue weighted by Gasteiger charge is 2.14. The van der Waals surface area contributed by atoms with Gasteiger partial charge in [-0.1, -0.05) is 11.0 Å². The van der Waals surface area contributed by atoms with Crippen molar-refractivity contribution >= 4 is 10.0 Å². The van der Waals surface area contributed by atoms with Gasteiger partial charge in [0.25, 0.3) is 10.0 Å². The Labute approximate surface area is 102 Å². The average Bonchev–Trinajstić information content (AvgIpc) is 2.28. The fourth-order valence-electron chi connectivity index (χ4n) is 1.17. The SMILES string of the molecule is COCCONS(=O)(=O)c1ccc(C)c(C)c1. The molecular formula is C11H17NO4S. The summed E-state index contributed by atoms with van der Waals surface area (Å²) in [7, 11) is -2.09. The van der Waals surface area contributed by atoms with Crippen LogP contribution in [0.3, 0.4) is 0 Å². The number of ether oxygens (including phenoxy) is 1. The van der Waals surface area contributed by atoms with Crippen molar-refractivity contribution < 1.29 is 18.0 Å². The van der Waals surface area contributed by atoms with Crippen molar-refractivity contribution in [2.75, 3.05) is 20.3 Å². The van der Waals surface area contributed by atoms with E-state index in [0.29, 0.717) is 6.61 Å². The molecule has 5 nitrogen and oxygen atoms in total. The monoisotopic (exact) mass is 259 g/mol. The summed E-state index contributed by atoms with van der Waals surface area (Å²) in [5.41, 5.74) is 1.97. The Hall–Kier alpha value is -0.950. The molecule has 1 N–H and O–H groups in total. The van der Waals surface area contributed by atoms with Crippen molar-refractivity contribution in [3.05, 3.63) is 29.3 Å². The second kappa shape index (κ2) is 6.11. The van der Waals surface area contributed by atoms with Crippen molar-refractivity contribution in [1.82, 2.24) is 4.89 Å². The molecule has 0 saturated carbocycles. The van der Waals surface area contributed by atoms with Crippen LogP contribution in [-0.2, 0) is 19.6 Å². The number of methoxy groups -OCH3 is 1. The van der Waals surface area contributed by atoms with Gasteiger partial charge in [0.2, 0.25) is 0 Å². The van der Waals surface area contributed by atoms with E-state index in [-0.39, 0.29) is 11.5 Å². The second-order valence-electron chi connectivity index (χ2n) is 3.67. The van der Waals surface area contributed by atoms with Gasteiger partial charge >= 0.3 is 0 Å². The first-order valence-electron chi connectivity index (χ1n) is 5.17. The molecule has 0 aliphatic heterocycles. The van der Waals surface area contributed by atoms with Crippen LogP contribution in [0, 0.1) is 13.8 Å².